The van der Waals surface area contributed by atoms with Gasteiger partial charge in [0, 0.05) is 13.1 Å². The first kappa shape index (κ1) is 30.9. The second-order valence-electron chi connectivity index (χ2n) is 9.24. The number of carbonyl (C=O) groups excluding carboxylic acids is 5. The van der Waals surface area contributed by atoms with E-state index in [-0.39, 0.29) is 19.5 Å². The third kappa shape index (κ3) is 7.59. The molecule has 2 heterocycles. The zero-order valence-electron chi connectivity index (χ0n) is 21.0. The SMILES string of the molecule is C[C@@H](O)[C@H](N)C(=O)N1CCC[C@H]1C(=O)N1CCC[C@H]1C(=O)N[C@@H](CO)C(=O)N[C@@H](CO)C(=O)NCC(=O)O. The van der Waals surface area contributed by atoms with Gasteiger partial charge in [0.15, 0.2) is 0 Å². The maximum absolute atomic E-state index is 13.3. The minimum absolute atomic E-state index is 0.226. The van der Waals surface area contributed by atoms with Gasteiger partial charge in [-0.1, -0.05) is 0 Å². The molecule has 2 fully saturated rings. The Bertz CT molecular complexity index is 915. The Morgan fingerprint density at radius 2 is 1.45 bits per heavy atom. The van der Waals surface area contributed by atoms with Crippen molar-refractivity contribution < 1.29 is 49.2 Å². The molecule has 5 amide bonds. The summed E-state index contributed by atoms with van der Waals surface area (Å²) in [4.78, 5) is 76.7. The topological polar surface area (TPSA) is 252 Å². The van der Waals surface area contributed by atoms with Gasteiger partial charge < -0.3 is 51.9 Å². The zero-order valence-corrected chi connectivity index (χ0v) is 21.0. The lowest BCUT2D eigenvalue weighted by atomic mass is 10.1. The van der Waals surface area contributed by atoms with Crippen molar-refractivity contribution in [1.82, 2.24) is 25.8 Å². The molecule has 9 N–H and O–H groups in total. The fraction of sp³-hybridized carbons (Fsp3) is 0.727. The molecular weight excluding hydrogens is 508 g/mol. The monoisotopic (exact) mass is 544 g/mol. The molecule has 2 rings (SSSR count). The van der Waals surface area contributed by atoms with Crippen LogP contribution >= 0.6 is 0 Å². The Labute approximate surface area is 218 Å². The van der Waals surface area contributed by atoms with Crippen LogP contribution in [0.15, 0.2) is 0 Å². The Kier molecular flexibility index (Phi) is 11.4. The largest absolute Gasteiger partial charge is 0.480 e. The van der Waals surface area contributed by atoms with Crippen molar-refractivity contribution in [2.24, 2.45) is 5.73 Å². The molecule has 16 heteroatoms. The van der Waals surface area contributed by atoms with Crippen LogP contribution in [-0.2, 0) is 28.8 Å². The zero-order chi connectivity index (χ0) is 28.6. The van der Waals surface area contributed by atoms with E-state index in [1.165, 1.54) is 16.7 Å². The number of aliphatic hydroxyl groups is 3. The molecular formula is C22H36N6O10. The standard InChI is InChI=1S/C22H36N6O10/c1-11(31)17(23)22(38)28-7-3-5-15(28)21(37)27-6-2-4-14(27)20(36)26-13(10-30)19(35)25-12(9-29)18(34)24-8-16(32)33/h11-15,17,29-31H,2-10,23H2,1H3,(H,24,34)(H,25,35)(H,26,36)(H,32,33)/t11-,12+,13+,14+,15+,17+/m1/s1. The molecule has 0 unspecified atom stereocenters. The Morgan fingerprint density at radius 3 is 2.00 bits per heavy atom. The average Bonchev–Trinajstić information content (AvgIpc) is 3.57. The highest BCUT2D eigenvalue weighted by Gasteiger charge is 2.43. The van der Waals surface area contributed by atoms with Gasteiger partial charge in [0.1, 0.15) is 36.8 Å². The predicted molar refractivity (Wildman–Crippen MR) is 128 cm³/mol. The van der Waals surface area contributed by atoms with Crippen LogP contribution in [0.3, 0.4) is 0 Å². The van der Waals surface area contributed by atoms with Gasteiger partial charge in [-0.05, 0) is 32.6 Å². The van der Waals surface area contributed by atoms with Gasteiger partial charge in [-0.3, -0.25) is 28.8 Å². The third-order valence-corrected chi connectivity index (χ3v) is 6.51. The van der Waals surface area contributed by atoms with Crippen molar-refractivity contribution in [2.75, 3.05) is 32.8 Å². The summed E-state index contributed by atoms with van der Waals surface area (Å²) in [7, 11) is 0. The van der Waals surface area contributed by atoms with Gasteiger partial charge in [-0.2, -0.15) is 0 Å². The molecule has 0 aromatic heterocycles. The molecule has 0 aliphatic carbocycles. The maximum atomic E-state index is 13.3. The molecule has 0 spiro atoms. The number of aliphatic carboxylic acids is 1. The number of nitrogens with one attached hydrogen (secondary N) is 3. The highest BCUT2D eigenvalue weighted by atomic mass is 16.4. The second kappa shape index (κ2) is 14.0. The van der Waals surface area contributed by atoms with E-state index in [9.17, 15) is 44.1 Å². The van der Waals surface area contributed by atoms with Crippen molar-refractivity contribution in [3.63, 3.8) is 0 Å². The summed E-state index contributed by atoms with van der Waals surface area (Å²) < 4.78 is 0. The van der Waals surface area contributed by atoms with Gasteiger partial charge in [-0.15, -0.1) is 0 Å². The van der Waals surface area contributed by atoms with E-state index in [2.05, 4.69) is 10.6 Å². The number of aliphatic hydroxyl groups excluding tert-OH is 3. The highest BCUT2D eigenvalue weighted by molar-refractivity contribution is 5.96. The molecule has 2 aliphatic rings. The normalized spacial score (nSPS) is 22.2. The van der Waals surface area contributed by atoms with Gasteiger partial charge in [-0.25, -0.2) is 0 Å². The fourth-order valence-electron chi connectivity index (χ4n) is 4.39. The summed E-state index contributed by atoms with van der Waals surface area (Å²) in [6.45, 7) is -0.608. The number of rotatable bonds is 12. The van der Waals surface area contributed by atoms with Crippen LogP contribution in [0.2, 0.25) is 0 Å². The van der Waals surface area contributed by atoms with Crippen LogP contribution in [0.25, 0.3) is 0 Å². The minimum Gasteiger partial charge on any atom is -0.480 e. The van der Waals surface area contributed by atoms with Crippen molar-refractivity contribution >= 4 is 35.5 Å². The Balaban J connectivity index is 2.04. The average molecular weight is 545 g/mol. The van der Waals surface area contributed by atoms with Crippen LogP contribution in [0.5, 0.6) is 0 Å². The van der Waals surface area contributed by atoms with E-state index in [0.717, 1.165) is 0 Å². The summed E-state index contributed by atoms with van der Waals surface area (Å²) in [5, 5.41) is 43.8. The van der Waals surface area contributed by atoms with E-state index in [0.29, 0.717) is 19.3 Å². The molecule has 38 heavy (non-hydrogen) atoms. The lowest BCUT2D eigenvalue weighted by Gasteiger charge is -2.33. The van der Waals surface area contributed by atoms with E-state index in [4.69, 9.17) is 10.8 Å². The van der Waals surface area contributed by atoms with Crippen LogP contribution in [0.4, 0.5) is 0 Å². The van der Waals surface area contributed by atoms with Crippen LogP contribution < -0.4 is 21.7 Å². The molecule has 2 aliphatic heterocycles. The van der Waals surface area contributed by atoms with Gasteiger partial charge in [0.2, 0.25) is 29.5 Å². The number of nitrogens with two attached hydrogens (primary N) is 1. The summed E-state index contributed by atoms with van der Waals surface area (Å²) in [6, 6.07) is -6.10. The first-order valence-electron chi connectivity index (χ1n) is 12.3. The van der Waals surface area contributed by atoms with Gasteiger partial charge in [0.05, 0.1) is 19.3 Å². The van der Waals surface area contributed by atoms with Crippen molar-refractivity contribution in [3.8, 4) is 0 Å². The van der Waals surface area contributed by atoms with E-state index < -0.39 is 91.6 Å². The number of hydrogen-bond donors (Lipinski definition) is 8. The van der Waals surface area contributed by atoms with Crippen molar-refractivity contribution in [1.29, 1.82) is 0 Å². The van der Waals surface area contributed by atoms with Crippen molar-refractivity contribution in [3.05, 3.63) is 0 Å². The summed E-state index contributed by atoms with van der Waals surface area (Å²) >= 11 is 0. The smallest absolute Gasteiger partial charge is 0.322 e. The highest BCUT2D eigenvalue weighted by Crippen LogP contribution is 2.25. The molecule has 0 radical (unpaired) electrons. The lowest BCUT2D eigenvalue weighted by Crippen LogP contribution is -2.59. The first-order valence-corrected chi connectivity index (χ1v) is 12.3. The minimum atomic E-state index is -1.53. The predicted octanol–water partition coefficient (Wildman–Crippen LogP) is -5.17. The second-order valence-corrected chi connectivity index (χ2v) is 9.24. The van der Waals surface area contributed by atoms with E-state index in [1.807, 2.05) is 5.32 Å². The number of amides is 5. The van der Waals surface area contributed by atoms with E-state index in [1.54, 1.807) is 0 Å². The third-order valence-electron chi connectivity index (χ3n) is 6.51. The fourth-order valence-corrected chi connectivity index (χ4v) is 4.39. The van der Waals surface area contributed by atoms with E-state index >= 15 is 0 Å². The maximum Gasteiger partial charge on any atom is 0.322 e. The van der Waals surface area contributed by atoms with Crippen molar-refractivity contribution in [2.45, 2.75) is 68.9 Å². The molecule has 6 atom stereocenters. The molecule has 0 aromatic carbocycles. The van der Waals surface area contributed by atoms with Crippen LogP contribution in [-0.4, -0.2) is 135 Å². The molecule has 0 bridgehead atoms. The number of hydrogen-bond acceptors (Lipinski definition) is 10. The number of carboxylic acid groups (broad SMARTS) is 1. The van der Waals surface area contributed by atoms with Crippen LogP contribution in [0.1, 0.15) is 32.6 Å². The molecule has 2 saturated heterocycles. The Morgan fingerprint density at radius 1 is 0.895 bits per heavy atom. The lowest BCUT2D eigenvalue weighted by molar-refractivity contribution is -0.148. The summed E-state index contributed by atoms with van der Waals surface area (Å²) in [5.74, 6) is -5.11. The number of carboxylic acids is 1. The first-order chi connectivity index (χ1) is 17.9. The summed E-state index contributed by atoms with van der Waals surface area (Å²) in [6.07, 6.45) is 0.528. The quantitative estimate of drug-likeness (QED) is 0.115. The molecule has 16 nitrogen and oxygen atoms in total. The molecule has 0 aromatic rings. The van der Waals surface area contributed by atoms with Gasteiger partial charge in [0.25, 0.3) is 0 Å². The molecule has 0 saturated carbocycles. The van der Waals surface area contributed by atoms with Gasteiger partial charge >= 0.3 is 5.97 Å². The number of carbonyl (C=O) groups is 6. The molecule has 214 valence electrons. The van der Waals surface area contributed by atoms with Crippen LogP contribution in [0, 0.1) is 0 Å². The number of nitrogens with zero attached hydrogens (tertiary/aromatic N) is 2. The summed E-state index contributed by atoms with van der Waals surface area (Å²) in [5.41, 5.74) is 5.76. The number of likely N-dealkylation sites (tertiary alicyclic amines) is 2. The Hall–Kier alpha value is -3.34.